The van der Waals surface area contributed by atoms with Crippen LogP contribution in [0.3, 0.4) is 0 Å². The van der Waals surface area contributed by atoms with E-state index in [0.29, 0.717) is 5.56 Å². The highest BCUT2D eigenvalue weighted by atomic mass is 16.2. The number of nitrogens with zero attached hydrogens (tertiary/aromatic N) is 1. The Balaban J connectivity index is 1.71. The topological polar surface area (TPSA) is 61.4 Å². The van der Waals surface area contributed by atoms with Gasteiger partial charge in [0.1, 0.15) is 0 Å². The van der Waals surface area contributed by atoms with Gasteiger partial charge in [-0.05, 0) is 19.2 Å². The van der Waals surface area contributed by atoms with Crippen LogP contribution in [0.15, 0.2) is 30.3 Å². The normalized spacial score (nSPS) is 15.8. The monoisotopic (exact) mass is 247 g/mol. The van der Waals surface area contributed by atoms with Gasteiger partial charge in [-0.25, -0.2) is 0 Å². The number of rotatable bonds is 4. The standard InChI is InChI=1S/C13H17N3O2/c1-16-8-11(9-16)15-12(17)7-14-13(18)10-5-3-2-4-6-10/h2-6,11H,7-9H2,1H3,(H,14,18)(H,15,17). The van der Waals surface area contributed by atoms with Gasteiger partial charge >= 0.3 is 0 Å². The number of amides is 2. The first-order valence-corrected chi connectivity index (χ1v) is 5.96. The Morgan fingerprint density at radius 2 is 1.94 bits per heavy atom. The van der Waals surface area contributed by atoms with Crippen LogP contribution in [-0.2, 0) is 4.79 Å². The highest BCUT2D eigenvalue weighted by molar-refractivity contribution is 5.96. The van der Waals surface area contributed by atoms with Crippen molar-refractivity contribution in [3.8, 4) is 0 Å². The summed E-state index contributed by atoms with van der Waals surface area (Å²) in [6.45, 7) is 1.77. The van der Waals surface area contributed by atoms with Crippen molar-refractivity contribution in [1.82, 2.24) is 15.5 Å². The average Bonchev–Trinajstić information content (AvgIpc) is 2.35. The Labute approximate surface area is 106 Å². The highest BCUT2D eigenvalue weighted by Crippen LogP contribution is 2.02. The fourth-order valence-electron chi connectivity index (χ4n) is 1.92. The summed E-state index contributed by atoms with van der Waals surface area (Å²) in [5, 5.41) is 5.46. The smallest absolute Gasteiger partial charge is 0.251 e. The lowest BCUT2D eigenvalue weighted by molar-refractivity contribution is -0.121. The molecule has 5 nitrogen and oxygen atoms in total. The Hall–Kier alpha value is -1.88. The summed E-state index contributed by atoms with van der Waals surface area (Å²) >= 11 is 0. The van der Waals surface area contributed by atoms with E-state index in [1.165, 1.54) is 0 Å². The van der Waals surface area contributed by atoms with Crippen LogP contribution in [0.25, 0.3) is 0 Å². The molecule has 0 atom stereocenters. The molecule has 0 aromatic heterocycles. The van der Waals surface area contributed by atoms with Crippen LogP contribution in [-0.4, -0.2) is 49.4 Å². The molecule has 1 saturated heterocycles. The minimum atomic E-state index is -0.225. The van der Waals surface area contributed by atoms with Gasteiger partial charge in [-0.3, -0.25) is 9.59 Å². The molecule has 1 aromatic rings. The van der Waals surface area contributed by atoms with Gasteiger partial charge in [0.15, 0.2) is 0 Å². The van der Waals surface area contributed by atoms with Crippen molar-refractivity contribution in [3.63, 3.8) is 0 Å². The first-order chi connectivity index (χ1) is 8.65. The van der Waals surface area contributed by atoms with E-state index in [-0.39, 0.29) is 24.4 Å². The van der Waals surface area contributed by atoms with Crippen LogP contribution in [0.1, 0.15) is 10.4 Å². The van der Waals surface area contributed by atoms with Gasteiger partial charge in [0.05, 0.1) is 12.6 Å². The summed E-state index contributed by atoms with van der Waals surface area (Å²) < 4.78 is 0. The zero-order valence-electron chi connectivity index (χ0n) is 10.3. The molecule has 1 aliphatic heterocycles. The molecule has 1 aliphatic rings. The van der Waals surface area contributed by atoms with Crippen LogP contribution >= 0.6 is 0 Å². The predicted molar refractivity (Wildman–Crippen MR) is 68.2 cm³/mol. The third kappa shape index (κ3) is 3.30. The van der Waals surface area contributed by atoms with Crippen LogP contribution in [0.5, 0.6) is 0 Å². The van der Waals surface area contributed by atoms with Gasteiger partial charge in [0.2, 0.25) is 5.91 Å². The molecule has 96 valence electrons. The molecule has 2 rings (SSSR count). The van der Waals surface area contributed by atoms with Crippen molar-refractivity contribution in [2.75, 3.05) is 26.7 Å². The van der Waals surface area contributed by atoms with Crippen LogP contribution < -0.4 is 10.6 Å². The molecule has 0 radical (unpaired) electrons. The Bertz CT molecular complexity index is 427. The maximum atomic E-state index is 11.7. The van der Waals surface area contributed by atoms with E-state index in [9.17, 15) is 9.59 Å². The number of carbonyl (C=O) groups is 2. The number of likely N-dealkylation sites (N-methyl/N-ethyl adjacent to an activating group) is 1. The number of hydrogen-bond donors (Lipinski definition) is 2. The second-order valence-corrected chi connectivity index (χ2v) is 4.53. The third-order valence-electron chi connectivity index (χ3n) is 2.87. The summed E-state index contributed by atoms with van der Waals surface area (Å²) in [5.74, 6) is -0.367. The van der Waals surface area contributed by atoms with Crippen molar-refractivity contribution in [3.05, 3.63) is 35.9 Å². The summed E-state index contributed by atoms with van der Waals surface area (Å²) in [4.78, 5) is 25.3. The summed E-state index contributed by atoms with van der Waals surface area (Å²) in [6.07, 6.45) is 0. The predicted octanol–water partition coefficient (Wildman–Crippen LogP) is -0.153. The van der Waals surface area contributed by atoms with Crippen molar-refractivity contribution < 1.29 is 9.59 Å². The van der Waals surface area contributed by atoms with E-state index in [1.54, 1.807) is 24.3 Å². The van der Waals surface area contributed by atoms with E-state index < -0.39 is 0 Å². The van der Waals surface area contributed by atoms with Crippen LogP contribution in [0, 0.1) is 0 Å². The molecule has 2 N–H and O–H groups in total. The Morgan fingerprint density at radius 1 is 1.28 bits per heavy atom. The van der Waals surface area contributed by atoms with E-state index in [0.717, 1.165) is 13.1 Å². The van der Waals surface area contributed by atoms with E-state index >= 15 is 0 Å². The molecule has 1 fully saturated rings. The number of benzene rings is 1. The highest BCUT2D eigenvalue weighted by Gasteiger charge is 2.24. The Morgan fingerprint density at radius 3 is 2.56 bits per heavy atom. The molecule has 0 saturated carbocycles. The van der Waals surface area contributed by atoms with Crippen LogP contribution in [0.4, 0.5) is 0 Å². The quantitative estimate of drug-likeness (QED) is 0.777. The van der Waals surface area contributed by atoms with Gasteiger partial charge in [0, 0.05) is 18.7 Å². The molecule has 0 aliphatic carbocycles. The number of carbonyl (C=O) groups excluding carboxylic acids is 2. The first-order valence-electron chi connectivity index (χ1n) is 5.96. The molecule has 1 aromatic carbocycles. The fraction of sp³-hybridized carbons (Fsp3) is 0.385. The van der Waals surface area contributed by atoms with Crippen molar-refractivity contribution in [2.24, 2.45) is 0 Å². The van der Waals surface area contributed by atoms with Crippen LogP contribution in [0.2, 0.25) is 0 Å². The van der Waals surface area contributed by atoms with Gasteiger partial charge in [-0.2, -0.15) is 0 Å². The van der Waals surface area contributed by atoms with Crippen molar-refractivity contribution in [1.29, 1.82) is 0 Å². The van der Waals surface area contributed by atoms with Crippen molar-refractivity contribution in [2.45, 2.75) is 6.04 Å². The van der Waals surface area contributed by atoms with Gasteiger partial charge in [-0.15, -0.1) is 0 Å². The molecular weight excluding hydrogens is 230 g/mol. The average molecular weight is 247 g/mol. The zero-order valence-corrected chi connectivity index (χ0v) is 10.3. The lowest BCUT2D eigenvalue weighted by Crippen LogP contribution is -2.58. The lowest BCUT2D eigenvalue weighted by Gasteiger charge is -2.36. The largest absolute Gasteiger partial charge is 0.349 e. The lowest BCUT2D eigenvalue weighted by atomic mass is 10.1. The molecule has 5 heteroatoms. The maximum absolute atomic E-state index is 11.7. The number of hydrogen-bond acceptors (Lipinski definition) is 3. The maximum Gasteiger partial charge on any atom is 0.251 e. The molecule has 18 heavy (non-hydrogen) atoms. The fourth-order valence-corrected chi connectivity index (χ4v) is 1.92. The third-order valence-corrected chi connectivity index (χ3v) is 2.87. The first kappa shape index (κ1) is 12.6. The second-order valence-electron chi connectivity index (χ2n) is 4.53. The van der Waals surface area contributed by atoms with E-state index in [2.05, 4.69) is 15.5 Å². The minimum absolute atomic E-state index is 0.0218. The van der Waals surface area contributed by atoms with Crippen molar-refractivity contribution >= 4 is 11.8 Å². The molecule has 0 spiro atoms. The SMILES string of the molecule is CN1CC(NC(=O)CNC(=O)c2ccccc2)C1. The summed E-state index contributed by atoms with van der Waals surface area (Å²) in [6, 6.07) is 9.08. The summed E-state index contributed by atoms with van der Waals surface area (Å²) in [7, 11) is 2.00. The molecule has 0 unspecified atom stereocenters. The van der Waals surface area contributed by atoms with Gasteiger partial charge in [0.25, 0.3) is 5.91 Å². The Kier molecular flexibility index (Phi) is 3.94. The number of likely N-dealkylation sites (tertiary alicyclic amines) is 1. The van der Waals surface area contributed by atoms with E-state index in [1.807, 2.05) is 13.1 Å². The summed E-state index contributed by atoms with van der Waals surface area (Å²) in [5.41, 5.74) is 0.564. The zero-order chi connectivity index (χ0) is 13.0. The molecule has 2 amide bonds. The second kappa shape index (κ2) is 5.64. The molecular formula is C13H17N3O2. The van der Waals surface area contributed by atoms with E-state index in [4.69, 9.17) is 0 Å². The number of nitrogens with one attached hydrogen (secondary N) is 2. The molecule has 0 bridgehead atoms. The van der Waals surface area contributed by atoms with Gasteiger partial charge < -0.3 is 15.5 Å². The molecule has 1 heterocycles. The van der Waals surface area contributed by atoms with Gasteiger partial charge in [-0.1, -0.05) is 18.2 Å². The minimum Gasteiger partial charge on any atom is -0.349 e.